The van der Waals surface area contributed by atoms with E-state index in [-0.39, 0.29) is 23.5 Å². The van der Waals surface area contributed by atoms with Gasteiger partial charge in [0, 0.05) is 24.5 Å². The lowest BCUT2D eigenvalue weighted by molar-refractivity contribution is -0.384. The molecule has 1 aliphatic rings. The molecule has 1 fully saturated rings. The van der Waals surface area contributed by atoms with Crippen LogP contribution in [-0.4, -0.2) is 34.0 Å². The molecule has 4 N–H and O–H groups in total. The fourth-order valence-corrected chi connectivity index (χ4v) is 2.35. The number of nitro groups is 1. The molecule has 2 heterocycles. The number of carbonyl (C=O) groups is 1. The van der Waals surface area contributed by atoms with Crippen LogP contribution in [0.5, 0.6) is 0 Å². The summed E-state index contributed by atoms with van der Waals surface area (Å²) in [7, 11) is 0. The predicted octanol–water partition coefficient (Wildman–Crippen LogP) is 1.63. The number of nitrogen functional groups attached to an aromatic ring is 1. The van der Waals surface area contributed by atoms with Crippen molar-refractivity contribution in [3.8, 4) is 0 Å². The second-order valence-electron chi connectivity index (χ2n) is 5.13. The molecule has 1 aliphatic heterocycles. The van der Waals surface area contributed by atoms with E-state index < -0.39 is 4.92 Å². The van der Waals surface area contributed by atoms with Gasteiger partial charge in [-0.15, -0.1) is 0 Å². The lowest BCUT2D eigenvalue weighted by Gasteiger charge is -2.27. The molecule has 3 rings (SSSR count). The van der Waals surface area contributed by atoms with Crippen molar-refractivity contribution in [3.05, 3.63) is 40.6 Å². The Labute approximate surface area is 136 Å². The number of amides is 2. The number of carbonyl (C=O) groups excluding carboxylic acids is 1. The average molecular weight is 329 g/mol. The van der Waals surface area contributed by atoms with Gasteiger partial charge in [-0.05, 0) is 24.6 Å². The fraction of sp³-hybridized carbons (Fsp3) is 0.214. The van der Waals surface area contributed by atoms with Gasteiger partial charge in [0.05, 0.1) is 4.92 Å². The summed E-state index contributed by atoms with van der Waals surface area (Å²) in [5.41, 5.74) is 6.57. The van der Waals surface area contributed by atoms with Gasteiger partial charge in [-0.1, -0.05) is 6.07 Å². The lowest BCUT2D eigenvalue weighted by Crippen LogP contribution is -2.46. The molecule has 1 aromatic carbocycles. The van der Waals surface area contributed by atoms with Gasteiger partial charge in [-0.3, -0.25) is 15.0 Å². The summed E-state index contributed by atoms with van der Waals surface area (Å²) in [5.74, 6) is -0.0811. The summed E-state index contributed by atoms with van der Waals surface area (Å²) in [6.07, 6.45) is 1.91. The molecule has 0 bridgehead atoms. The number of nitrogens with two attached hydrogens (primary N) is 1. The summed E-state index contributed by atoms with van der Waals surface area (Å²) in [5, 5.41) is 16.4. The van der Waals surface area contributed by atoms with Crippen molar-refractivity contribution in [2.24, 2.45) is 0 Å². The average Bonchev–Trinajstić information content (AvgIpc) is 2.55. The molecule has 0 spiro atoms. The first-order valence-corrected chi connectivity index (χ1v) is 7.24. The molecule has 2 amide bonds. The largest absolute Gasteiger partial charge is 0.378 e. The van der Waals surface area contributed by atoms with Crippen LogP contribution in [0.3, 0.4) is 0 Å². The van der Waals surface area contributed by atoms with E-state index in [1.54, 1.807) is 23.1 Å². The molecular formula is C14H15N7O3. The van der Waals surface area contributed by atoms with E-state index in [4.69, 9.17) is 5.73 Å². The number of aromatic nitrogens is 2. The lowest BCUT2D eigenvalue weighted by atomic mass is 10.2. The second kappa shape index (κ2) is 6.36. The molecule has 0 unspecified atom stereocenters. The normalized spacial score (nSPS) is 14.2. The SMILES string of the molecule is Nc1nc(Nc2cccc(N3CCCNC3=O)c2)ncc1[N+](=O)[O-]. The standard InChI is InChI=1S/C14H15N7O3/c15-12-11(21(23)24)8-17-13(19-12)18-9-3-1-4-10(7-9)20-6-2-5-16-14(20)22/h1,3-4,7-8H,2,5-6H2,(H,16,22)(H3,15,17,18,19). The third-order valence-corrected chi connectivity index (χ3v) is 3.49. The summed E-state index contributed by atoms with van der Waals surface area (Å²) in [6, 6.07) is 7.00. The van der Waals surface area contributed by atoms with Crippen LogP contribution in [0.25, 0.3) is 0 Å². The van der Waals surface area contributed by atoms with E-state index in [1.807, 2.05) is 6.07 Å². The third kappa shape index (κ3) is 3.16. The zero-order valence-electron chi connectivity index (χ0n) is 12.6. The molecule has 1 aromatic heterocycles. The van der Waals surface area contributed by atoms with Gasteiger partial charge in [0.25, 0.3) is 0 Å². The Morgan fingerprint density at radius 3 is 2.96 bits per heavy atom. The van der Waals surface area contributed by atoms with E-state index in [9.17, 15) is 14.9 Å². The van der Waals surface area contributed by atoms with Crippen molar-refractivity contribution in [1.82, 2.24) is 15.3 Å². The van der Waals surface area contributed by atoms with E-state index in [2.05, 4.69) is 20.6 Å². The molecule has 0 atom stereocenters. The van der Waals surface area contributed by atoms with Crippen molar-refractivity contribution in [3.63, 3.8) is 0 Å². The maximum atomic E-state index is 11.9. The molecular weight excluding hydrogens is 314 g/mol. The third-order valence-electron chi connectivity index (χ3n) is 3.49. The van der Waals surface area contributed by atoms with Gasteiger partial charge in [0.1, 0.15) is 6.20 Å². The van der Waals surface area contributed by atoms with Crippen LogP contribution in [0.4, 0.5) is 33.6 Å². The summed E-state index contributed by atoms with van der Waals surface area (Å²) in [4.78, 5) is 31.4. The van der Waals surface area contributed by atoms with Crippen LogP contribution in [0.1, 0.15) is 6.42 Å². The first-order valence-electron chi connectivity index (χ1n) is 7.24. The minimum Gasteiger partial charge on any atom is -0.378 e. The van der Waals surface area contributed by atoms with Crippen molar-refractivity contribution >= 4 is 34.9 Å². The molecule has 0 radical (unpaired) electrons. The maximum absolute atomic E-state index is 11.9. The van der Waals surface area contributed by atoms with Gasteiger partial charge in [0.2, 0.25) is 11.8 Å². The quantitative estimate of drug-likeness (QED) is 0.572. The van der Waals surface area contributed by atoms with E-state index >= 15 is 0 Å². The Balaban J connectivity index is 1.81. The zero-order chi connectivity index (χ0) is 17.1. The Hall–Kier alpha value is -3.43. The van der Waals surface area contributed by atoms with Gasteiger partial charge >= 0.3 is 11.7 Å². The highest BCUT2D eigenvalue weighted by Crippen LogP contribution is 2.24. The molecule has 0 saturated carbocycles. The van der Waals surface area contributed by atoms with Crippen LogP contribution in [0.2, 0.25) is 0 Å². The monoisotopic (exact) mass is 329 g/mol. The fourth-order valence-electron chi connectivity index (χ4n) is 2.35. The number of benzene rings is 1. The van der Waals surface area contributed by atoms with E-state index in [0.29, 0.717) is 18.8 Å². The zero-order valence-corrected chi connectivity index (χ0v) is 12.6. The van der Waals surface area contributed by atoms with Crippen molar-refractivity contribution in [2.45, 2.75) is 6.42 Å². The highest BCUT2D eigenvalue weighted by atomic mass is 16.6. The van der Waals surface area contributed by atoms with Crippen LogP contribution >= 0.6 is 0 Å². The molecule has 10 nitrogen and oxygen atoms in total. The second-order valence-corrected chi connectivity index (χ2v) is 5.13. The summed E-state index contributed by atoms with van der Waals surface area (Å²) in [6.45, 7) is 1.31. The van der Waals surface area contributed by atoms with Crippen molar-refractivity contribution in [2.75, 3.05) is 29.0 Å². The van der Waals surface area contributed by atoms with Gasteiger partial charge in [-0.25, -0.2) is 9.78 Å². The Morgan fingerprint density at radius 1 is 1.42 bits per heavy atom. The molecule has 2 aromatic rings. The maximum Gasteiger partial charge on any atom is 0.329 e. The minimum absolute atomic E-state index is 0.137. The molecule has 0 aliphatic carbocycles. The first-order chi connectivity index (χ1) is 11.5. The number of nitrogens with one attached hydrogen (secondary N) is 2. The number of urea groups is 1. The number of hydrogen-bond donors (Lipinski definition) is 3. The van der Waals surface area contributed by atoms with Crippen LogP contribution < -0.4 is 21.3 Å². The van der Waals surface area contributed by atoms with Crippen molar-refractivity contribution in [1.29, 1.82) is 0 Å². The van der Waals surface area contributed by atoms with Crippen LogP contribution in [-0.2, 0) is 0 Å². The predicted molar refractivity (Wildman–Crippen MR) is 88.2 cm³/mol. The van der Waals surface area contributed by atoms with Gasteiger partial charge < -0.3 is 16.4 Å². The minimum atomic E-state index is -0.644. The summed E-state index contributed by atoms with van der Waals surface area (Å²) >= 11 is 0. The Bertz CT molecular complexity index is 796. The van der Waals surface area contributed by atoms with Crippen molar-refractivity contribution < 1.29 is 9.72 Å². The highest BCUT2D eigenvalue weighted by Gasteiger charge is 2.19. The van der Waals surface area contributed by atoms with Gasteiger partial charge in [-0.2, -0.15) is 4.98 Å². The number of nitrogens with zero attached hydrogens (tertiary/aromatic N) is 4. The number of rotatable bonds is 4. The number of hydrogen-bond acceptors (Lipinski definition) is 7. The summed E-state index contributed by atoms with van der Waals surface area (Å²) < 4.78 is 0. The van der Waals surface area contributed by atoms with E-state index in [1.165, 1.54) is 0 Å². The van der Waals surface area contributed by atoms with Gasteiger partial charge in [0.15, 0.2) is 0 Å². The Kier molecular flexibility index (Phi) is 4.10. The highest BCUT2D eigenvalue weighted by molar-refractivity contribution is 5.93. The first kappa shape index (κ1) is 15.5. The van der Waals surface area contributed by atoms with Crippen LogP contribution in [0, 0.1) is 10.1 Å². The molecule has 1 saturated heterocycles. The molecule has 10 heteroatoms. The van der Waals surface area contributed by atoms with Crippen LogP contribution in [0.15, 0.2) is 30.5 Å². The van der Waals surface area contributed by atoms with E-state index in [0.717, 1.165) is 18.3 Å². The number of anilines is 4. The Morgan fingerprint density at radius 2 is 2.25 bits per heavy atom. The smallest absolute Gasteiger partial charge is 0.329 e. The topological polar surface area (TPSA) is 139 Å². The molecule has 124 valence electrons. The molecule has 24 heavy (non-hydrogen) atoms.